The Morgan fingerprint density at radius 1 is 1.21 bits per heavy atom. The standard InChI is InChI=1S/C14H15N3OS/c1-15-14(19)17-16-9-10-3-4-12-8-13(18-2)6-5-11(12)7-10/h3-9H,1-2H3,(H2,15,17,19)/b16-9-. The molecule has 0 aliphatic heterocycles. The van der Waals surface area contributed by atoms with Gasteiger partial charge in [-0.3, -0.25) is 5.43 Å². The zero-order valence-corrected chi connectivity index (χ0v) is 11.6. The molecule has 0 amide bonds. The molecule has 98 valence electrons. The Kier molecular flexibility index (Phi) is 4.30. The molecular weight excluding hydrogens is 258 g/mol. The number of nitrogens with zero attached hydrogens (tertiary/aromatic N) is 1. The number of benzene rings is 2. The topological polar surface area (TPSA) is 45.7 Å². The molecule has 0 fully saturated rings. The van der Waals surface area contributed by atoms with E-state index in [-0.39, 0.29) is 0 Å². The van der Waals surface area contributed by atoms with Crippen LogP contribution in [-0.2, 0) is 0 Å². The van der Waals surface area contributed by atoms with E-state index in [1.807, 2.05) is 30.3 Å². The van der Waals surface area contributed by atoms with Gasteiger partial charge in [0.05, 0.1) is 13.3 Å². The maximum atomic E-state index is 5.20. The summed E-state index contributed by atoms with van der Waals surface area (Å²) in [5, 5.41) is 9.60. The SMILES string of the molecule is CNC(=S)N/N=C\c1ccc2cc(OC)ccc2c1. The summed E-state index contributed by atoms with van der Waals surface area (Å²) in [5.41, 5.74) is 3.72. The summed E-state index contributed by atoms with van der Waals surface area (Å²) in [7, 11) is 3.41. The van der Waals surface area contributed by atoms with Gasteiger partial charge in [-0.15, -0.1) is 0 Å². The molecule has 4 nitrogen and oxygen atoms in total. The van der Waals surface area contributed by atoms with E-state index in [0.29, 0.717) is 5.11 Å². The monoisotopic (exact) mass is 273 g/mol. The van der Waals surface area contributed by atoms with Crippen LogP contribution in [0.5, 0.6) is 5.75 Å². The third-order valence-corrected chi connectivity index (χ3v) is 2.97. The van der Waals surface area contributed by atoms with Crippen LogP contribution in [0, 0.1) is 0 Å². The lowest BCUT2D eigenvalue weighted by molar-refractivity contribution is 0.415. The van der Waals surface area contributed by atoms with Gasteiger partial charge in [-0.05, 0) is 46.8 Å². The van der Waals surface area contributed by atoms with Crippen molar-refractivity contribution in [1.29, 1.82) is 0 Å². The zero-order chi connectivity index (χ0) is 13.7. The molecule has 0 aliphatic rings. The molecule has 0 spiro atoms. The van der Waals surface area contributed by atoms with Crippen LogP contribution in [0.4, 0.5) is 0 Å². The number of methoxy groups -OCH3 is 1. The van der Waals surface area contributed by atoms with Crippen molar-refractivity contribution < 1.29 is 4.74 Å². The highest BCUT2D eigenvalue weighted by molar-refractivity contribution is 7.80. The number of rotatable bonds is 3. The van der Waals surface area contributed by atoms with E-state index < -0.39 is 0 Å². The number of thiocarbonyl (C=S) groups is 1. The number of fused-ring (bicyclic) bond motifs is 1. The lowest BCUT2D eigenvalue weighted by Crippen LogP contribution is -2.28. The number of hydrazone groups is 1. The van der Waals surface area contributed by atoms with Gasteiger partial charge in [0.25, 0.3) is 0 Å². The average Bonchev–Trinajstić information content (AvgIpc) is 2.46. The van der Waals surface area contributed by atoms with Gasteiger partial charge in [0, 0.05) is 7.05 Å². The summed E-state index contributed by atoms with van der Waals surface area (Å²) in [6.45, 7) is 0. The largest absolute Gasteiger partial charge is 0.497 e. The number of hydrogen-bond acceptors (Lipinski definition) is 3. The van der Waals surface area contributed by atoms with Gasteiger partial charge in [0.1, 0.15) is 5.75 Å². The molecule has 0 radical (unpaired) electrons. The van der Waals surface area contributed by atoms with Crippen molar-refractivity contribution in [2.45, 2.75) is 0 Å². The van der Waals surface area contributed by atoms with Crippen LogP contribution >= 0.6 is 12.2 Å². The second-order valence-corrected chi connectivity index (χ2v) is 4.33. The van der Waals surface area contributed by atoms with Gasteiger partial charge in [-0.25, -0.2) is 0 Å². The molecular formula is C14H15N3OS. The van der Waals surface area contributed by atoms with E-state index >= 15 is 0 Å². The summed E-state index contributed by atoms with van der Waals surface area (Å²) in [5.74, 6) is 0.856. The molecule has 2 rings (SSSR count). The second kappa shape index (κ2) is 6.15. The van der Waals surface area contributed by atoms with Crippen LogP contribution in [0.3, 0.4) is 0 Å². The normalized spacial score (nSPS) is 10.6. The maximum absolute atomic E-state index is 5.20. The zero-order valence-electron chi connectivity index (χ0n) is 10.8. The van der Waals surface area contributed by atoms with E-state index in [1.165, 1.54) is 0 Å². The molecule has 0 saturated carbocycles. The smallest absolute Gasteiger partial charge is 0.186 e. The van der Waals surface area contributed by atoms with Crippen molar-refractivity contribution in [3.63, 3.8) is 0 Å². The van der Waals surface area contributed by atoms with Crippen molar-refractivity contribution in [2.75, 3.05) is 14.2 Å². The number of hydrogen-bond donors (Lipinski definition) is 2. The number of ether oxygens (including phenoxy) is 1. The van der Waals surface area contributed by atoms with Gasteiger partial charge >= 0.3 is 0 Å². The van der Waals surface area contributed by atoms with Gasteiger partial charge in [0.2, 0.25) is 0 Å². The van der Waals surface area contributed by atoms with Crippen LogP contribution in [0.1, 0.15) is 5.56 Å². The van der Waals surface area contributed by atoms with Gasteiger partial charge in [-0.1, -0.05) is 18.2 Å². The van der Waals surface area contributed by atoms with Crippen molar-refractivity contribution in [1.82, 2.24) is 10.7 Å². The van der Waals surface area contributed by atoms with Crippen LogP contribution in [0.2, 0.25) is 0 Å². The van der Waals surface area contributed by atoms with Crippen LogP contribution in [0.15, 0.2) is 41.5 Å². The molecule has 0 unspecified atom stereocenters. The summed E-state index contributed by atoms with van der Waals surface area (Å²) in [6, 6.07) is 12.1. The molecule has 0 bridgehead atoms. The predicted molar refractivity (Wildman–Crippen MR) is 82.9 cm³/mol. The first-order chi connectivity index (χ1) is 9.22. The first-order valence-electron chi connectivity index (χ1n) is 5.81. The average molecular weight is 273 g/mol. The van der Waals surface area contributed by atoms with Gasteiger partial charge < -0.3 is 10.1 Å². The fourth-order valence-electron chi connectivity index (χ4n) is 1.67. The Morgan fingerprint density at radius 3 is 2.68 bits per heavy atom. The van der Waals surface area contributed by atoms with E-state index in [2.05, 4.69) is 21.9 Å². The van der Waals surface area contributed by atoms with Crippen LogP contribution < -0.4 is 15.5 Å². The summed E-state index contributed by atoms with van der Waals surface area (Å²) < 4.78 is 5.20. The molecule has 0 saturated heterocycles. The van der Waals surface area contributed by atoms with Crippen molar-refractivity contribution in [2.24, 2.45) is 5.10 Å². The molecule has 2 N–H and O–H groups in total. The van der Waals surface area contributed by atoms with Crippen molar-refractivity contribution >= 4 is 34.3 Å². The van der Waals surface area contributed by atoms with Crippen LogP contribution in [-0.4, -0.2) is 25.5 Å². The quantitative estimate of drug-likeness (QED) is 0.511. The number of nitrogens with one attached hydrogen (secondary N) is 2. The van der Waals surface area contributed by atoms with E-state index in [0.717, 1.165) is 22.1 Å². The van der Waals surface area contributed by atoms with Gasteiger partial charge in [0.15, 0.2) is 5.11 Å². The highest BCUT2D eigenvalue weighted by atomic mass is 32.1. The molecule has 0 aliphatic carbocycles. The summed E-state index contributed by atoms with van der Waals surface area (Å²) in [4.78, 5) is 0. The van der Waals surface area contributed by atoms with Crippen LogP contribution in [0.25, 0.3) is 10.8 Å². The molecule has 2 aromatic rings. The van der Waals surface area contributed by atoms with E-state index in [1.54, 1.807) is 20.4 Å². The third kappa shape index (κ3) is 3.42. The Morgan fingerprint density at radius 2 is 1.95 bits per heavy atom. The van der Waals surface area contributed by atoms with Crippen molar-refractivity contribution in [3.05, 3.63) is 42.0 Å². The molecule has 0 heterocycles. The highest BCUT2D eigenvalue weighted by Crippen LogP contribution is 2.21. The lowest BCUT2D eigenvalue weighted by atomic mass is 10.1. The minimum Gasteiger partial charge on any atom is -0.497 e. The Balaban J connectivity index is 2.20. The molecule has 0 atom stereocenters. The Hall–Kier alpha value is -2.14. The van der Waals surface area contributed by atoms with Crippen molar-refractivity contribution in [3.8, 4) is 5.75 Å². The first-order valence-corrected chi connectivity index (χ1v) is 6.22. The maximum Gasteiger partial charge on any atom is 0.186 e. The fraction of sp³-hybridized carbons (Fsp3) is 0.143. The van der Waals surface area contributed by atoms with Gasteiger partial charge in [-0.2, -0.15) is 5.10 Å². The Bertz CT molecular complexity index is 625. The second-order valence-electron chi connectivity index (χ2n) is 3.92. The van der Waals surface area contributed by atoms with E-state index in [9.17, 15) is 0 Å². The molecule has 5 heteroatoms. The van der Waals surface area contributed by atoms with E-state index in [4.69, 9.17) is 17.0 Å². The molecule has 2 aromatic carbocycles. The Labute approximate surface area is 117 Å². The minimum atomic E-state index is 0.488. The lowest BCUT2D eigenvalue weighted by Gasteiger charge is -2.03. The summed E-state index contributed by atoms with van der Waals surface area (Å²) >= 11 is 4.93. The predicted octanol–water partition coefficient (Wildman–Crippen LogP) is 2.28. The fourth-order valence-corrected chi connectivity index (χ4v) is 1.72. The molecule has 0 aromatic heterocycles. The molecule has 19 heavy (non-hydrogen) atoms. The first kappa shape index (κ1) is 13.3. The highest BCUT2D eigenvalue weighted by Gasteiger charge is 1.97. The third-order valence-electron chi connectivity index (χ3n) is 2.68. The minimum absolute atomic E-state index is 0.488. The summed E-state index contributed by atoms with van der Waals surface area (Å²) in [6.07, 6.45) is 1.73.